The quantitative estimate of drug-likeness (QED) is 0.710. The van der Waals surface area contributed by atoms with Gasteiger partial charge >= 0.3 is 0 Å². The summed E-state index contributed by atoms with van der Waals surface area (Å²) in [5.74, 6) is 1.83. The van der Waals surface area contributed by atoms with Crippen molar-refractivity contribution in [2.75, 3.05) is 30.0 Å². The van der Waals surface area contributed by atoms with Gasteiger partial charge in [-0.15, -0.1) is 0 Å². The minimum Gasteiger partial charge on any atom is -0.396 e. The van der Waals surface area contributed by atoms with Crippen molar-refractivity contribution in [3.05, 3.63) is 21.6 Å². The van der Waals surface area contributed by atoms with Crippen LogP contribution in [0.1, 0.15) is 13.3 Å². The third-order valence-corrected chi connectivity index (χ3v) is 3.73. The van der Waals surface area contributed by atoms with Crippen LogP contribution < -0.4 is 10.9 Å². The highest BCUT2D eigenvalue weighted by Gasteiger charge is 2.07. The molecule has 0 fully saturated rings. The summed E-state index contributed by atoms with van der Waals surface area (Å²) in [6, 6.07) is 0. The van der Waals surface area contributed by atoms with Crippen molar-refractivity contribution < 1.29 is 5.11 Å². The predicted octanol–water partition coefficient (Wildman–Crippen LogP) is 1.44. The van der Waals surface area contributed by atoms with Gasteiger partial charge in [0.1, 0.15) is 5.02 Å². The molecule has 0 aliphatic rings. The third-order valence-electron chi connectivity index (χ3n) is 2.29. The van der Waals surface area contributed by atoms with Gasteiger partial charge in [-0.25, -0.2) is 4.68 Å². The number of aliphatic hydroxyl groups is 1. The second-order valence-corrected chi connectivity index (χ2v) is 5.21. The number of nitrogens with one attached hydrogen (secondary N) is 1. The van der Waals surface area contributed by atoms with Gasteiger partial charge in [-0.3, -0.25) is 4.79 Å². The summed E-state index contributed by atoms with van der Waals surface area (Å²) in [6.07, 6.45) is 2.38. The molecule has 0 saturated heterocycles. The van der Waals surface area contributed by atoms with Crippen LogP contribution in [0, 0.1) is 0 Å². The standard InChI is InChI=1S/C11H18ClN3O2S/c1-2-15-11(17)10(12)9(8-14-15)13-4-7-18-6-3-5-16/h8,13,16H,2-7H2,1H3. The average molecular weight is 292 g/mol. The lowest BCUT2D eigenvalue weighted by molar-refractivity contribution is 0.296. The van der Waals surface area contributed by atoms with E-state index in [4.69, 9.17) is 16.7 Å². The maximum absolute atomic E-state index is 11.7. The van der Waals surface area contributed by atoms with Gasteiger partial charge in [0.15, 0.2) is 0 Å². The maximum atomic E-state index is 11.7. The molecule has 1 aromatic rings. The number of rotatable bonds is 8. The first-order chi connectivity index (χ1) is 8.70. The van der Waals surface area contributed by atoms with Gasteiger partial charge in [-0.05, 0) is 19.1 Å². The lowest BCUT2D eigenvalue weighted by Crippen LogP contribution is -2.23. The van der Waals surface area contributed by atoms with Crippen LogP contribution in [0.25, 0.3) is 0 Å². The fraction of sp³-hybridized carbons (Fsp3) is 0.636. The molecule has 0 atom stereocenters. The summed E-state index contributed by atoms with van der Waals surface area (Å²) >= 11 is 7.71. The average Bonchev–Trinajstić information content (AvgIpc) is 2.38. The van der Waals surface area contributed by atoms with Crippen molar-refractivity contribution in [1.29, 1.82) is 0 Å². The third kappa shape index (κ3) is 4.51. The van der Waals surface area contributed by atoms with E-state index in [9.17, 15) is 4.79 Å². The molecule has 102 valence electrons. The largest absolute Gasteiger partial charge is 0.396 e. The van der Waals surface area contributed by atoms with E-state index in [1.165, 1.54) is 4.68 Å². The zero-order chi connectivity index (χ0) is 13.4. The number of aliphatic hydroxyl groups excluding tert-OH is 1. The Labute approximate surface area is 116 Å². The van der Waals surface area contributed by atoms with E-state index in [-0.39, 0.29) is 17.2 Å². The number of hydrogen-bond acceptors (Lipinski definition) is 5. The summed E-state index contributed by atoms with van der Waals surface area (Å²) in [5, 5.41) is 15.9. The Hall–Kier alpha value is -0.720. The van der Waals surface area contributed by atoms with Crippen LogP contribution in [-0.4, -0.2) is 39.5 Å². The Morgan fingerprint density at radius 3 is 3.00 bits per heavy atom. The number of aromatic nitrogens is 2. The highest BCUT2D eigenvalue weighted by atomic mass is 35.5. The van der Waals surface area contributed by atoms with Gasteiger partial charge in [0, 0.05) is 25.4 Å². The van der Waals surface area contributed by atoms with E-state index < -0.39 is 0 Å². The molecule has 0 aliphatic heterocycles. The number of thioether (sulfide) groups is 1. The topological polar surface area (TPSA) is 67.2 Å². The monoisotopic (exact) mass is 291 g/mol. The van der Waals surface area contributed by atoms with Crippen LogP contribution in [-0.2, 0) is 6.54 Å². The van der Waals surface area contributed by atoms with Crippen molar-refractivity contribution in [3.63, 3.8) is 0 Å². The first-order valence-corrected chi connectivity index (χ1v) is 7.42. The number of aryl methyl sites for hydroxylation is 1. The van der Waals surface area contributed by atoms with E-state index in [2.05, 4.69) is 10.4 Å². The van der Waals surface area contributed by atoms with Crippen molar-refractivity contribution in [1.82, 2.24) is 9.78 Å². The molecule has 18 heavy (non-hydrogen) atoms. The van der Waals surface area contributed by atoms with Gasteiger partial charge in [-0.1, -0.05) is 11.6 Å². The fourth-order valence-electron chi connectivity index (χ4n) is 1.34. The Balaban J connectivity index is 2.43. The second-order valence-electron chi connectivity index (χ2n) is 3.61. The number of hydrogen-bond donors (Lipinski definition) is 2. The minimum absolute atomic E-state index is 0.187. The summed E-state index contributed by atoms with van der Waals surface area (Å²) < 4.78 is 1.32. The molecule has 0 spiro atoms. The normalized spacial score (nSPS) is 10.6. The summed E-state index contributed by atoms with van der Waals surface area (Å²) in [7, 11) is 0. The van der Waals surface area contributed by atoms with Crippen molar-refractivity contribution in [3.8, 4) is 0 Å². The summed E-state index contributed by atoms with van der Waals surface area (Å²) in [4.78, 5) is 11.7. The Morgan fingerprint density at radius 2 is 2.33 bits per heavy atom. The van der Waals surface area contributed by atoms with Crippen LogP contribution in [0.4, 0.5) is 5.69 Å². The fourth-order valence-corrected chi connectivity index (χ4v) is 2.34. The van der Waals surface area contributed by atoms with Crippen molar-refractivity contribution in [2.45, 2.75) is 19.9 Å². The highest BCUT2D eigenvalue weighted by molar-refractivity contribution is 7.99. The first-order valence-electron chi connectivity index (χ1n) is 5.88. The smallest absolute Gasteiger partial charge is 0.287 e. The van der Waals surface area contributed by atoms with E-state index in [1.807, 2.05) is 6.92 Å². The molecule has 0 aromatic carbocycles. The van der Waals surface area contributed by atoms with Crippen LogP contribution >= 0.6 is 23.4 Å². The summed E-state index contributed by atoms with van der Waals surface area (Å²) in [6.45, 7) is 3.30. The summed E-state index contributed by atoms with van der Waals surface area (Å²) in [5.41, 5.74) is 0.311. The van der Waals surface area contributed by atoms with Crippen LogP contribution in [0.3, 0.4) is 0 Å². The van der Waals surface area contributed by atoms with Gasteiger partial charge in [0.25, 0.3) is 5.56 Å². The Kier molecular flexibility index (Phi) is 7.15. The molecule has 0 aliphatic carbocycles. The van der Waals surface area contributed by atoms with Gasteiger partial charge < -0.3 is 10.4 Å². The minimum atomic E-state index is -0.267. The predicted molar refractivity (Wildman–Crippen MR) is 76.7 cm³/mol. The molecule has 5 nitrogen and oxygen atoms in total. The van der Waals surface area contributed by atoms with Gasteiger partial charge in [0.05, 0.1) is 11.9 Å². The van der Waals surface area contributed by atoms with E-state index >= 15 is 0 Å². The van der Waals surface area contributed by atoms with Gasteiger partial charge in [0.2, 0.25) is 0 Å². The lowest BCUT2D eigenvalue weighted by Gasteiger charge is -2.09. The zero-order valence-corrected chi connectivity index (χ0v) is 11.9. The molecule has 1 rings (SSSR count). The maximum Gasteiger partial charge on any atom is 0.287 e. The molecular formula is C11H18ClN3O2S. The van der Waals surface area contributed by atoms with Gasteiger partial charge in [-0.2, -0.15) is 16.9 Å². The van der Waals surface area contributed by atoms with Crippen molar-refractivity contribution >= 4 is 29.1 Å². The molecule has 0 saturated carbocycles. The molecule has 1 heterocycles. The molecular weight excluding hydrogens is 274 g/mol. The van der Waals surface area contributed by atoms with Crippen LogP contribution in [0.5, 0.6) is 0 Å². The molecule has 2 N–H and O–H groups in total. The van der Waals surface area contributed by atoms with Crippen LogP contribution in [0.2, 0.25) is 5.02 Å². The lowest BCUT2D eigenvalue weighted by atomic mass is 10.4. The first kappa shape index (κ1) is 15.3. The van der Waals surface area contributed by atoms with E-state index in [1.54, 1.807) is 18.0 Å². The molecule has 0 radical (unpaired) electrons. The molecule has 0 amide bonds. The highest BCUT2D eigenvalue weighted by Crippen LogP contribution is 2.15. The Bertz CT molecular complexity index is 425. The number of nitrogens with zero attached hydrogens (tertiary/aromatic N) is 2. The molecule has 0 bridgehead atoms. The van der Waals surface area contributed by atoms with Crippen molar-refractivity contribution in [2.24, 2.45) is 0 Å². The number of halogens is 1. The second kappa shape index (κ2) is 8.39. The van der Waals surface area contributed by atoms with E-state index in [0.717, 1.165) is 17.9 Å². The molecule has 1 aromatic heterocycles. The molecule has 0 unspecified atom stereocenters. The SMILES string of the molecule is CCn1ncc(NCCSCCCO)c(Cl)c1=O. The number of anilines is 1. The van der Waals surface area contributed by atoms with Crippen LogP contribution in [0.15, 0.2) is 11.0 Å². The Morgan fingerprint density at radius 1 is 1.56 bits per heavy atom. The van der Waals surface area contributed by atoms with E-state index in [0.29, 0.717) is 18.8 Å². The molecule has 7 heteroatoms. The zero-order valence-electron chi connectivity index (χ0n) is 10.4.